The molecule has 186 valence electrons. The van der Waals surface area contributed by atoms with Crippen molar-refractivity contribution in [3.63, 3.8) is 0 Å². The average Bonchev–Trinajstić information content (AvgIpc) is 2.79. The number of hydrogen-bond donors (Lipinski definition) is 2. The molecule has 2 rings (SSSR count). The third kappa shape index (κ3) is 7.67. The van der Waals surface area contributed by atoms with Crippen molar-refractivity contribution in [3.05, 3.63) is 35.9 Å². The zero-order valence-electron chi connectivity index (χ0n) is 20.3. The molecule has 0 bridgehead atoms. The Balaban J connectivity index is 2.04. The van der Waals surface area contributed by atoms with Crippen LogP contribution in [0.1, 0.15) is 46.1 Å². The fraction of sp³-hybridized carbons (Fsp3) is 0.560. The van der Waals surface area contributed by atoms with Gasteiger partial charge in [-0.15, -0.1) is 0 Å². The average molecular weight is 474 g/mol. The topological polar surface area (TPSA) is 122 Å². The Morgan fingerprint density at radius 1 is 1.09 bits per heavy atom. The molecule has 0 aromatic heterocycles. The Labute approximate surface area is 200 Å². The number of aldehydes is 1. The highest BCUT2D eigenvalue weighted by molar-refractivity contribution is 6.38. The Hall–Kier alpha value is -3.23. The van der Waals surface area contributed by atoms with Crippen molar-refractivity contribution in [2.75, 3.05) is 13.1 Å². The van der Waals surface area contributed by atoms with Crippen LogP contribution < -0.4 is 10.6 Å². The number of ether oxygens (including phenoxy) is 1. The smallest absolute Gasteiger partial charge is 0.408 e. The minimum absolute atomic E-state index is 0.0583. The quantitative estimate of drug-likeness (QED) is 0.354. The van der Waals surface area contributed by atoms with Gasteiger partial charge in [-0.2, -0.15) is 0 Å². The van der Waals surface area contributed by atoms with E-state index < -0.39 is 35.8 Å². The third-order valence-electron chi connectivity index (χ3n) is 5.92. The van der Waals surface area contributed by atoms with E-state index >= 15 is 0 Å². The fourth-order valence-electron chi connectivity index (χ4n) is 3.62. The number of rotatable bonds is 12. The summed E-state index contributed by atoms with van der Waals surface area (Å²) in [4.78, 5) is 63.1. The summed E-state index contributed by atoms with van der Waals surface area (Å²) >= 11 is 0. The number of hydrogen-bond acceptors (Lipinski definition) is 6. The number of likely N-dealkylation sites (tertiary alicyclic amines) is 1. The van der Waals surface area contributed by atoms with Crippen molar-refractivity contribution in [2.45, 2.75) is 59.2 Å². The molecule has 9 nitrogen and oxygen atoms in total. The summed E-state index contributed by atoms with van der Waals surface area (Å²) in [5.41, 5.74) is 0.811. The Kier molecular flexibility index (Phi) is 10.2. The van der Waals surface area contributed by atoms with Gasteiger partial charge < -0.3 is 25.1 Å². The molecular formula is C25H35N3O6. The highest BCUT2D eigenvalue weighted by Gasteiger charge is 2.39. The SMILES string of the molecule is CC[C@H](C)C(NC(=O)[C@H](CC(C)C)NC(=O)OCc1ccccc1)C(=O)C(=O)N1CC(C=O)C1. The minimum atomic E-state index is -1.03. The van der Waals surface area contributed by atoms with Gasteiger partial charge in [0.1, 0.15) is 18.9 Å². The summed E-state index contributed by atoms with van der Waals surface area (Å²) in [6.07, 6.45) is 0.908. The van der Waals surface area contributed by atoms with E-state index in [1.165, 1.54) is 4.90 Å². The monoisotopic (exact) mass is 473 g/mol. The number of ketones is 1. The van der Waals surface area contributed by atoms with Gasteiger partial charge in [-0.05, 0) is 23.8 Å². The molecule has 0 aliphatic carbocycles. The molecule has 0 spiro atoms. The second-order valence-corrected chi connectivity index (χ2v) is 9.23. The maximum Gasteiger partial charge on any atom is 0.408 e. The van der Waals surface area contributed by atoms with Crippen molar-refractivity contribution in [1.82, 2.24) is 15.5 Å². The van der Waals surface area contributed by atoms with E-state index in [9.17, 15) is 24.0 Å². The second-order valence-electron chi connectivity index (χ2n) is 9.23. The van der Waals surface area contributed by atoms with Crippen LogP contribution in [0.15, 0.2) is 30.3 Å². The lowest BCUT2D eigenvalue weighted by Crippen LogP contribution is -2.59. The molecule has 1 aliphatic heterocycles. The highest BCUT2D eigenvalue weighted by Crippen LogP contribution is 2.17. The minimum Gasteiger partial charge on any atom is -0.445 e. The van der Waals surface area contributed by atoms with Crippen LogP contribution in [0.3, 0.4) is 0 Å². The van der Waals surface area contributed by atoms with Gasteiger partial charge in [-0.25, -0.2) is 4.79 Å². The lowest BCUT2D eigenvalue weighted by Gasteiger charge is -2.37. The highest BCUT2D eigenvalue weighted by atomic mass is 16.5. The van der Waals surface area contributed by atoms with Gasteiger partial charge >= 0.3 is 6.09 Å². The number of alkyl carbamates (subject to hydrolysis) is 1. The predicted octanol–water partition coefficient (Wildman–Crippen LogP) is 2.08. The molecule has 3 amide bonds. The van der Waals surface area contributed by atoms with E-state index in [4.69, 9.17) is 4.74 Å². The zero-order valence-corrected chi connectivity index (χ0v) is 20.3. The Morgan fingerprint density at radius 3 is 2.29 bits per heavy atom. The molecule has 34 heavy (non-hydrogen) atoms. The zero-order chi connectivity index (χ0) is 25.3. The van der Waals surface area contributed by atoms with Crippen LogP contribution in [0.2, 0.25) is 0 Å². The molecule has 1 aromatic rings. The van der Waals surface area contributed by atoms with Gasteiger partial charge in [-0.3, -0.25) is 14.4 Å². The van der Waals surface area contributed by atoms with Crippen LogP contribution in [0, 0.1) is 17.8 Å². The van der Waals surface area contributed by atoms with Gasteiger partial charge in [0.05, 0.1) is 6.04 Å². The molecule has 1 saturated heterocycles. The van der Waals surface area contributed by atoms with Crippen molar-refractivity contribution < 1.29 is 28.7 Å². The van der Waals surface area contributed by atoms with Crippen molar-refractivity contribution in [3.8, 4) is 0 Å². The molecular weight excluding hydrogens is 438 g/mol. The number of carbonyl (C=O) groups is 5. The molecule has 0 saturated carbocycles. The van der Waals surface area contributed by atoms with Crippen LogP contribution in [0.4, 0.5) is 4.79 Å². The first-order valence-corrected chi connectivity index (χ1v) is 11.7. The maximum absolute atomic E-state index is 13.1. The summed E-state index contributed by atoms with van der Waals surface area (Å²) in [6, 6.07) is 7.20. The summed E-state index contributed by atoms with van der Waals surface area (Å²) in [5, 5.41) is 5.27. The van der Waals surface area contributed by atoms with E-state index in [1.807, 2.05) is 51.1 Å². The second kappa shape index (κ2) is 12.9. The molecule has 2 N–H and O–H groups in total. The summed E-state index contributed by atoms with van der Waals surface area (Å²) < 4.78 is 5.24. The lowest BCUT2D eigenvalue weighted by molar-refractivity contribution is -0.151. The normalized spacial score (nSPS) is 16.1. The first kappa shape index (κ1) is 27.0. The summed E-state index contributed by atoms with van der Waals surface area (Å²) in [6.45, 7) is 7.93. The number of Topliss-reactive ketones (excluding diaryl/α,β-unsaturated/α-hetero) is 1. The number of carbonyl (C=O) groups excluding carboxylic acids is 5. The third-order valence-corrected chi connectivity index (χ3v) is 5.92. The van der Waals surface area contributed by atoms with Crippen molar-refractivity contribution in [2.24, 2.45) is 17.8 Å². The first-order chi connectivity index (χ1) is 16.2. The largest absolute Gasteiger partial charge is 0.445 e. The van der Waals surface area contributed by atoms with Gasteiger partial charge in [0, 0.05) is 19.0 Å². The molecule has 0 radical (unpaired) electrons. The maximum atomic E-state index is 13.1. The number of nitrogens with zero attached hydrogens (tertiary/aromatic N) is 1. The van der Waals surface area contributed by atoms with Crippen LogP contribution in [0.5, 0.6) is 0 Å². The van der Waals surface area contributed by atoms with Crippen LogP contribution >= 0.6 is 0 Å². The van der Waals surface area contributed by atoms with Gasteiger partial charge in [0.2, 0.25) is 11.7 Å². The molecule has 9 heteroatoms. The number of nitrogens with one attached hydrogen (secondary N) is 2. The Morgan fingerprint density at radius 2 is 1.74 bits per heavy atom. The molecule has 1 aliphatic rings. The number of benzene rings is 1. The fourth-order valence-corrected chi connectivity index (χ4v) is 3.62. The molecule has 1 heterocycles. The van der Waals surface area contributed by atoms with Gasteiger partial charge in [0.15, 0.2) is 0 Å². The van der Waals surface area contributed by atoms with E-state index in [1.54, 1.807) is 6.92 Å². The van der Waals surface area contributed by atoms with Gasteiger partial charge in [0.25, 0.3) is 5.91 Å². The molecule has 3 atom stereocenters. The van der Waals surface area contributed by atoms with E-state index in [0.717, 1.165) is 11.8 Å². The van der Waals surface area contributed by atoms with Crippen molar-refractivity contribution in [1.29, 1.82) is 0 Å². The first-order valence-electron chi connectivity index (χ1n) is 11.7. The molecule has 1 unspecified atom stereocenters. The number of amides is 3. The Bertz CT molecular complexity index is 867. The molecule has 1 aromatic carbocycles. The summed E-state index contributed by atoms with van der Waals surface area (Å²) in [7, 11) is 0. The standard InChI is InChI=1S/C25H35N3O6/c1-5-17(4)21(22(30)24(32)28-12-19(13-28)14-29)27-23(31)20(11-16(2)3)26-25(33)34-15-18-9-7-6-8-10-18/h6-10,14,16-17,19-21H,5,11-13,15H2,1-4H3,(H,26,33)(H,27,31)/t17-,20-,21?/m0/s1. The van der Waals surface area contributed by atoms with Crippen LogP contribution in [-0.2, 0) is 30.5 Å². The van der Waals surface area contributed by atoms with Crippen molar-refractivity contribution >= 4 is 30.0 Å². The predicted molar refractivity (Wildman–Crippen MR) is 126 cm³/mol. The lowest BCUT2D eigenvalue weighted by atomic mass is 9.92. The van der Waals surface area contributed by atoms with E-state index in [2.05, 4.69) is 10.6 Å². The van der Waals surface area contributed by atoms with Crippen LogP contribution in [0.25, 0.3) is 0 Å². The van der Waals surface area contributed by atoms with E-state index in [-0.39, 0.29) is 37.5 Å². The van der Waals surface area contributed by atoms with Gasteiger partial charge in [-0.1, -0.05) is 64.4 Å². The molecule has 1 fully saturated rings. The summed E-state index contributed by atoms with van der Waals surface area (Å²) in [5.74, 6) is -2.46. The van der Waals surface area contributed by atoms with Crippen LogP contribution in [-0.4, -0.2) is 60.1 Å². The van der Waals surface area contributed by atoms with E-state index in [0.29, 0.717) is 12.8 Å².